The van der Waals surface area contributed by atoms with E-state index < -0.39 is 16.8 Å². The van der Waals surface area contributed by atoms with E-state index in [1.165, 1.54) is 11.8 Å². The van der Waals surface area contributed by atoms with Crippen LogP contribution in [-0.4, -0.2) is 31.6 Å². The summed E-state index contributed by atoms with van der Waals surface area (Å²) in [6, 6.07) is -0.894. The molecule has 20 heavy (non-hydrogen) atoms. The van der Waals surface area contributed by atoms with Gasteiger partial charge in [-0.25, -0.2) is 0 Å². The minimum atomic E-state index is -0.972. The molecule has 0 spiro atoms. The van der Waals surface area contributed by atoms with E-state index in [0.717, 1.165) is 28.8 Å². The van der Waals surface area contributed by atoms with Crippen LogP contribution in [0.3, 0.4) is 0 Å². The normalized spacial score (nSPS) is 13.5. The van der Waals surface area contributed by atoms with Gasteiger partial charge in [-0.05, 0) is 43.1 Å². The van der Waals surface area contributed by atoms with Gasteiger partial charge in [-0.2, -0.15) is 5.10 Å². The highest BCUT2D eigenvalue weighted by Gasteiger charge is 2.33. The Hall–Kier alpha value is -0.530. The largest absolute Gasteiger partial charge is 0.480 e. The standard InChI is InChI=1S/C13H22BrN3O2S/c1-5-8-10(14)9(17(6-2)16-8)7-20-13(3,4)11(15)12(18)19/h11H,5-7,15H2,1-4H3,(H,18,19)/t11-/m1/s1. The minimum Gasteiger partial charge on any atom is -0.480 e. The van der Waals surface area contributed by atoms with E-state index in [9.17, 15) is 4.79 Å². The molecule has 1 aromatic heterocycles. The molecule has 0 aromatic carbocycles. The van der Waals surface area contributed by atoms with Crippen molar-refractivity contribution in [3.63, 3.8) is 0 Å². The molecule has 0 aliphatic heterocycles. The number of halogens is 1. The third-order valence-electron chi connectivity index (χ3n) is 3.29. The summed E-state index contributed by atoms with van der Waals surface area (Å²) in [6.07, 6.45) is 0.864. The Bertz CT molecular complexity index is 488. The summed E-state index contributed by atoms with van der Waals surface area (Å²) >= 11 is 5.13. The van der Waals surface area contributed by atoms with E-state index in [-0.39, 0.29) is 0 Å². The maximum Gasteiger partial charge on any atom is 0.321 e. The Morgan fingerprint density at radius 2 is 2.15 bits per heavy atom. The molecule has 3 N–H and O–H groups in total. The van der Waals surface area contributed by atoms with Gasteiger partial charge in [-0.1, -0.05) is 6.92 Å². The van der Waals surface area contributed by atoms with Gasteiger partial charge in [0, 0.05) is 17.0 Å². The fraction of sp³-hybridized carbons (Fsp3) is 0.692. The van der Waals surface area contributed by atoms with Crippen molar-refractivity contribution in [2.45, 2.75) is 57.2 Å². The molecule has 5 nitrogen and oxygen atoms in total. The van der Waals surface area contributed by atoms with Crippen LogP contribution in [0.25, 0.3) is 0 Å². The van der Waals surface area contributed by atoms with Gasteiger partial charge in [0.05, 0.1) is 15.9 Å². The van der Waals surface area contributed by atoms with Crippen LogP contribution in [0.4, 0.5) is 0 Å². The molecule has 1 rings (SSSR count). The maximum absolute atomic E-state index is 11.0. The minimum absolute atomic E-state index is 0.541. The molecule has 1 heterocycles. The van der Waals surface area contributed by atoms with Crippen molar-refractivity contribution in [1.82, 2.24) is 9.78 Å². The molecule has 7 heteroatoms. The molecule has 0 amide bonds. The number of nitrogens with two attached hydrogens (primary N) is 1. The van der Waals surface area contributed by atoms with E-state index in [4.69, 9.17) is 10.8 Å². The average molecular weight is 364 g/mol. The van der Waals surface area contributed by atoms with Gasteiger partial charge < -0.3 is 10.8 Å². The zero-order valence-electron chi connectivity index (χ0n) is 12.3. The van der Waals surface area contributed by atoms with E-state index in [0.29, 0.717) is 5.75 Å². The van der Waals surface area contributed by atoms with Crippen LogP contribution in [0.5, 0.6) is 0 Å². The zero-order valence-corrected chi connectivity index (χ0v) is 14.7. The van der Waals surface area contributed by atoms with Crippen molar-refractivity contribution >= 4 is 33.7 Å². The van der Waals surface area contributed by atoms with E-state index in [1.54, 1.807) is 0 Å². The number of aryl methyl sites for hydroxylation is 2. The summed E-state index contributed by atoms with van der Waals surface area (Å²) in [5.41, 5.74) is 7.86. The molecule has 0 saturated carbocycles. The lowest BCUT2D eigenvalue weighted by atomic mass is 10.1. The van der Waals surface area contributed by atoms with Gasteiger partial charge in [0.25, 0.3) is 0 Å². The summed E-state index contributed by atoms with van der Waals surface area (Å²) < 4.78 is 2.44. The van der Waals surface area contributed by atoms with Crippen molar-refractivity contribution < 1.29 is 9.90 Å². The molecule has 0 fully saturated rings. The third kappa shape index (κ3) is 3.77. The monoisotopic (exact) mass is 363 g/mol. The van der Waals surface area contributed by atoms with E-state index in [1.807, 2.05) is 25.5 Å². The predicted octanol–water partition coefficient (Wildman–Crippen LogP) is 2.65. The number of carboxylic acids is 1. The molecule has 0 saturated heterocycles. The molecule has 1 atom stereocenters. The number of carboxylic acid groups (broad SMARTS) is 1. The highest BCUT2D eigenvalue weighted by Crippen LogP contribution is 2.34. The van der Waals surface area contributed by atoms with Crippen molar-refractivity contribution in [3.8, 4) is 0 Å². The highest BCUT2D eigenvalue weighted by atomic mass is 79.9. The summed E-state index contributed by atoms with van der Waals surface area (Å²) in [4.78, 5) is 11.0. The average Bonchev–Trinajstić information content (AvgIpc) is 2.71. The molecule has 1 aromatic rings. The van der Waals surface area contributed by atoms with Gasteiger partial charge >= 0.3 is 5.97 Å². The molecular formula is C13H22BrN3O2S. The first kappa shape index (κ1) is 17.5. The molecule has 0 aliphatic carbocycles. The lowest BCUT2D eigenvalue weighted by Gasteiger charge is -2.28. The van der Waals surface area contributed by atoms with Gasteiger partial charge in [-0.15, -0.1) is 11.8 Å². The topological polar surface area (TPSA) is 81.1 Å². The van der Waals surface area contributed by atoms with E-state index in [2.05, 4.69) is 28.0 Å². The Kier molecular flexibility index (Phi) is 6.09. The second-order valence-electron chi connectivity index (χ2n) is 5.08. The van der Waals surface area contributed by atoms with Crippen LogP contribution in [0.15, 0.2) is 4.47 Å². The second kappa shape index (κ2) is 6.95. The van der Waals surface area contributed by atoms with Crippen LogP contribution in [0.1, 0.15) is 39.1 Å². The summed E-state index contributed by atoms with van der Waals surface area (Å²) in [5.74, 6) is -0.296. The smallest absolute Gasteiger partial charge is 0.321 e. The Balaban J connectivity index is 2.89. The first-order valence-corrected chi connectivity index (χ1v) is 8.38. The lowest BCUT2D eigenvalue weighted by Crippen LogP contribution is -2.46. The number of rotatable bonds is 7. The van der Waals surface area contributed by atoms with Gasteiger partial charge in [0.15, 0.2) is 0 Å². The van der Waals surface area contributed by atoms with Gasteiger partial charge in [0.1, 0.15) is 6.04 Å². The zero-order chi connectivity index (χ0) is 15.5. The van der Waals surface area contributed by atoms with Crippen LogP contribution in [0, 0.1) is 0 Å². The summed E-state index contributed by atoms with van der Waals surface area (Å²) in [6.45, 7) is 8.62. The third-order valence-corrected chi connectivity index (χ3v) is 5.62. The Labute approximate surface area is 132 Å². The quantitative estimate of drug-likeness (QED) is 0.777. The SMILES string of the molecule is CCc1nn(CC)c(CSC(C)(C)[C@H](N)C(=O)O)c1Br. The van der Waals surface area contributed by atoms with Crippen LogP contribution >= 0.6 is 27.7 Å². The summed E-state index contributed by atoms with van der Waals surface area (Å²) in [5, 5.41) is 13.6. The fourth-order valence-corrected chi connectivity index (χ4v) is 3.77. The molecule has 0 unspecified atom stereocenters. The van der Waals surface area contributed by atoms with E-state index >= 15 is 0 Å². The number of thioether (sulfide) groups is 1. The Morgan fingerprint density at radius 1 is 1.55 bits per heavy atom. The number of hydrogen-bond acceptors (Lipinski definition) is 4. The van der Waals surface area contributed by atoms with Crippen molar-refractivity contribution in [3.05, 3.63) is 15.9 Å². The number of nitrogens with zero attached hydrogens (tertiary/aromatic N) is 2. The molecular weight excluding hydrogens is 342 g/mol. The summed E-state index contributed by atoms with van der Waals surface area (Å²) in [7, 11) is 0. The molecule has 0 aliphatic rings. The molecule has 0 bridgehead atoms. The number of aliphatic carboxylic acids is 1. The first-order valence-electron chi connectivity index (χ1n) is 6.60. The van der Waals surface area contributed by atoms with Crippen LogP contribution < -0.4 is 5.73 Å². The maximum atomic E-state index is 11.0. The van der Waals surface area contributed by atoms with Crippen molar-refractivity contribution in [1.29, 1.82) is 0 Å². The van der Waals surface area contributed by atoms with Crippen molar-refractivity contribution in [2.75, 3.05) is 0 Å². The number of aromatic nitrogens is 2. The van der Waals surface area contributed by atoms with Crippen LogP contribution in [0.2, 0.25) is 0 Å². The molecule has 114 valence electrons. The predicted molar refractivity (Wildman–Crippen MR) is 86.0 cm³/mol. The molecule has 0 radical (unpaired) electrons. The Morgan fingerprint density at radius 3 is 2.60 bits per heavy atom. The van der Waals surface area contributed by atoms with Crippen molar-refractivity contribution in [2.24, 2.45) is 5.73 Å². The first-order chi connectivity index (χ1) is 9.24. The second-order valence-corrected chi connectivity index (χ2v) is 7.51. The lowest BCUT2D eigenvalue weighted by molar-refractivity contribution is -0.139. The van der Waals surface area contributed by atoms with Crippen LogP contribution in [-0.2, 0) is 23.5 Å². The van der Waals surface area contributed by atoms with Gasteiger partial charge in [-0.3, -0.25) is 9.48 Å². The van der Waals surface area contributed by atoms with Gasteiger partial charge in [0.2, 0.25) is 0 Å². The number of carbonyl (C=O) groups is 1. The fourth-order valence-electron chi connectivity index (χ4n) is 1.80. The number of hydrogen-bond donors (Lipinski definition) is 2. The highest BCUT2D eigenvalue weighted by molar-refractivity contribution is 9.10.